The highest BCUT2D eigenvalue weighted by atomic mass is 16.1. The lowest BCUT2D eigenvalue weighted by molar-refractivity contribution is -0.120. The average molecular weight is 195 g/mol. The van der Waals surface area contributed by atoms with E-state index in [9.17, 15) is 4.79 Å². The molecular weight excluding hydrogens is 174 g/mol. The van der Waals surface area contributed by atoms with Crippen LogP contribution >= 0.6 is 0 Å². The van der Waals surface area contributed by atoms with Gasteiger partial charge in [-0.25, -0.2) is 0 Å². The molecule has 0 heterocycles. The number of allylic oxidation sites excluding steroid dienone is 3. The van der Waals surface area contributed by atoms with Gasteiger partial charge >= 0.3 is 0 Å². The Morgan fingerprint density at radius 2 is 1.71 bits per heavy atom. The van der Waals surface area contributed by atoms with E-state index in [1.165, 1.54) is 0 Å². The van der Waals surface area contributed by atoms with Crippen LogP contribution in [0.3, 0.4) is 0 Å². The van der Waals surface area contributed by atoms with Gasteiger partial charge in [0.2, 0.25) is 5.91 Å². The molecule has 0 unspecified atom stereocenters. The van der Waals surface area contributed by atoms with Crippen LogP contribution in [-0.4, -0.2) is 12.5 Å². The van der Waals surface area contributed by atoms with Crippen LogP contribution in [0.25, 0.3) is 0 Å². The van der Waals surface area contributed by atoms with Crippen LogP contribution in [0.4, 0.5) is 0 Å². The van der Waals surface area contributed by atoms with Gasteiger partial charge in [-0.05, 0) is 19.3 Å². The summed E-state index contributed by atoms with van der Waals surface area (Å²) in [5, 5.41) is 2.79. The van der Waals surface area contributed by atoms with Crippen molar-refractivity contribution in [1.82, 2.24) is 5.32 Å². The summed E-state index contributed by atoms with van der Waals surface area (Å²) >= 11 is 0. The number of rotatable bonds is 7. The molecule has 1 N–H and O–H groups in total. The molecule has 0 aromatic rings. The third kappa shape index (κ3) is 9.04. The zero-order chi connectivity index (χ0) is 10.6. The minimum atomic E-state index is 0.112. The second kappa shape index (κ2) is 10.0. The van der Waals surface area contributed by atoms with E-state index in [0.29, 0.717) is 13.0 Å². The lowest BCUT2D eigenvalue weighted by Crippen LogP contribution is -2.21. The summed E-state index contributed by atoms with van der Waals surface area (Å²) in [6.07, 6.45) is 12.3. The van der Waals surface area contributed by atoms with Gasteiger partial charge in [0.1, 0.15) is 0 Å². The van der Waals surface area contributed by atoms with Gasteiger partial charge in [-0.2, -0.15) is 0 Å². The number of nitrogens with one attached hydrogen (secondary N) is 1. The predicted octanol–water partition coefficient (Wildman–Crippen LogP) is 2.82. The number of amides is 1. The maximum absolute atomic E-state index is 10.8. The van der Waals surface area contributed by atoms with E-state index in [0.717, 1.165) is 19.3 Å². The Morgan fingerprint density at radius 3 is 2.29 bits per heavy atom. The largest absolute Gasteiger partial charge is 0.353 e. The lowest BCUT2D eigenvalue weighted by atomic mass is 10.2. The van der Waals surface area contributed by atoms with Gasteiger partial charge in [0.25, 0.3) is 0 Å². The monoisotopic (exact) mass is 195 g/mol. The molecule has 0 fully saturated rings. The fourth-order valence-electron chi connectivity index (χ4n) is 0.976. The fraction of sp³-hybridized carbons (Fsp3) is 0.583. The highest BCUT2D eigenvalue weighted by Gasteiger charge is 1.90. The zero-order valence-electron chi connectivity index (χ0n) is 9.25. The Balaban J connectivity index is 3.27. The Morgan fingerprint density at radius 1 is 1.07 bits per heavy atom. The van der Waals surface area contributed by atoms with Gasteiger partial charge in [-0.15, -0.1) is 0 Å². The van der Waals surface area contributed by atoms with Crippen molar-refractivity contribution < 1.29 is 4.79 Å². The van der Waals surface area contributed by atoms with Gasteiger partial charge in [0.15, 0.2) is 0 Å². The number of carbonyl (C=O) groups is 1. The Kier molecular flexibility index (Phi) is 9.28. The maximum atomic E-state index is 10.8. The van der Waals surface area contributed by atoms with Gasteiger partial charge in [-0.1, -0.05) is 38.2 Å². The molecule has 0 spiro atoms. The summed E-state index contributed by atoms with van der Waals surface area (Å²) in [7, 11) is 0. The first-order chi connectivity index (χ1) is 6.81. The van der Waals surface area contributed by atoms with Crippen LogP contribution in [-0.2, 0) is 4.79 Å². The Bertz CT molecular complexity index is 194. The quantitative estimate of drug-likeness (QED) is 0.491. The molecule has 0 saturated carbocycles. The first kappa shape index (κ1) is 12.9. The van der Waals surface area contributed by atoms with Crippen molar-refractivity contribution >= 4 is 5.91 Å². The second-order valence-electron chi connectivity index (χ2n) is 3.09. The van der Waals surface area contributed by atoms with Crippen LogP contribution in [0.15, 0.2) is 24.3 Å². The Labute approximate surface area is 87.1 Å². The summed E-state index contributed by atoms with van der Waals surface area (Å²) in [6.45, 7) is 4.64. The molecular formula is C12H21NO. The molecule has 2 heteroatoms. The number of carbonyl (C=O) groups excluding carboxylic acids is 1. The minimum Gasteiger partial charge on any atom is -0.353 e. The van der Waals surface area contributed by atoms with Gasteiger partial charge < -0.3 is 5.32 Å². The molecule has 0 atom stereocenters. The molecule has 0 aromatic heterocycles. The molecule has 1 amide bonds. The second-order valence-corrected chi connectivity index (χ2v) is 3.09. The van der Waals surface area contributed by atoms with E-state index < -0.39 is 0 Å². The molecule has 0 rings (SSSR count). The maximum Gasteiger partial charge on any atom is 0.219 e. The predicted molar refractivity (Wildman–Crippen MR) is 61.1 cm³/mol. The molecule has 0 bridgehead atoms. The summed E-state index contributed by atoms with van der Waals surface area (Å²) in [5.41, 5.74) is 0. The molecule has 0 aliphatic heterocycles. The number of hydrogen-bond acceptors (Lipinski definition) is 1. The summed E-state index contributed by atoms with van der Waals surface area (Å²) in [4.78, 5) is 10.8. The van der Waals surface area contributed by atoms with E-state index in [1.54, 1.807) is 0 Å². The SMILES string of the molecule is CC/C=C\CC/C=C/CNC(=O)CC. The summed E-state index contributed by atoms with van der Waals surface area (Å²) in [5.74, 6) is 0.112. The smallest absolute Gasteiger partial charge is 0.219 e. The van der Waals surface area contributed by atoms with E-state index in [1.807, 2.05) is 13.0 Å². The van der Waals surface area contributed by atoms with Crippen molar-refractivity contribution in [2.75, 3.05) is 6.54 Å². The normalized spacial score (nSPS) is 11.3. The third-order valence-electron chi connectivity index (χ3n) is 1.81. The summed E-state index contributed by atoms with van der Waals surface area (Å²) < 4.78 is 0. The minimum absolute atomic E-state index is 0.112. The van der Waals surface area contributed by atoms with Gasteiger partial charge in [0, 0.05) is 13.0 Å². The molecule has 80 valence electrons. The van der Waals surface area contributed by atoms with Crippen molar-refractivity contribution in [3.8, 4) is 0 Å². The molecule has 0 saturated heterocycles. The van der Waals surface area contributed by atoms with Gasteiger partial charge in [0.05, 0.1) is 0 Å². The topological polar surface area (TPSA) is 29.1 Å². The van der Waals surface area contributed by atoms with E-state index in [4.69, 9.17) is 0 Å². The highest BCUT2D eigenvalue weighted by Crippen LogP contribution is 1.93. The van der Waals surface area contributed by atoms with Crippen LogP contribution in [0.5, 0.6) is 0 Å². The standard InChI is InChI=1S/C12H21NO/c1-3-5-6-7-8-9-10-11-13-12(14)4-2/h5-6,9-10H,3-4,7-8,11H2,1-2H3,(H,13,14)/b6-5-,10-9+. The number of hydrogen-bond donors (Lipinski definition) is 1. The van der Waals surface area contributed by atoms with Crippen molar-refractivity contribution in [2.45, 2.75) is 39.5 Å². The molecule has 0 aromatic carbocycles. The van der Waals surface area contributed by atoms with Crippen LogP contribution in [0.1, 0.15) is 39.5 Å². The van der Waals surface area contributed by atoms with E-state index in [-0.39, 0.29) is 5.91 Å². The van der Waals surface area contributed by atoms with Crippen LogP contribution in [0.2, 0.25) is 0 Å². The first-order valence-electron chi connectivity index (χ1n) is 5.38. The molecule has 0 aliphatic rings. The molecule has 2 nitrogen and oxygen atoms in total. The molecule has 14 heavy (non-hydrogen) atoms. The lowest BCUT2D eigenvalue weighted by Gasteiger charge is -1.96. The zero-order valence-corrected chi connectivity index (χ0v) is 9.25. The summed E-state index contributed by atoms with van der Waals surface area (Å²) in [6, 6.07) is 0. The fourth-order valence-corrected chi connectivity index (χ4v) is 0.976. The van der Waals surface area contributed by atoms with Crippen molar-refractivity contribution in [3.05, 3.63) is 24.3 Å². The van der Waals surface area contributed by atoms with E-state index >= 15 is 0 Å². The highest BCUT2D eigenvalue weighted by molar-refractivity contribution is 5.75. The number of unbranched alkanes of at least 4 members (excludes halogenated alkanes) is 1. The van der Waals surface area contributed by atoms with Crippen LogP contribution < -0.4 is 5.32 Å². The van der Waals surface area contributed by atoms with Crippen molar-refractivity contribution in [1.29, 1.82) is 0 Å². The molecule has 0 radical (unpaired) electrons. The van der Waals surface area contributed by atoms with Crippen molar-refractivity contribution in [3.63, 3.8) is 0 Å². The van der Waals surface area contributed by atoms with Gasteiger partial charge in [-0.3, -0.25) is 4.79 Å². The van der Waals surface area contributed by atoms with Crippen LogP contribution in [0, 0.1) is 0 Å². The first-order valence-corrected chi connectivity index (χ1v) is 5.38. The van der Waals surface area contributed by atoms with Crippen molar-refractivity contribution in [2.24, 2.45) is 0 Å². The average Bonchev–Trinajstić information content (AvgIpc) is 2.21. The Hall–Kier alpha value is -1.05. The van der Waals surface area contributed by atoms with E-state index in [2.05, 4.69) is 30.5 Å². The molecule has 0 aliphatic carbocycles. The third-order valence-corrected chi connectivity index (χ3v) is 1.81.